The molecule has 2 N–H and O–H groups in total. The molecule has 6 heteroatoms. The highest BCUT2D eigenvalue weighted by Crippen LogP contribution is 2.09. The van der Waals surface area contributed by atoms with Gasteiger partial charge in [0.2, 0.25) is 0 Å². The van der Waals surface area contributed by atoms with E-state index in [1.54, 1.807) is 0 Å². The Morgan fingerprint density at radius 2 is 2.29 bits per heavy atom. The third-order valence-corrected chi connectivity index (χ3v) is 1.49. The first-order valence-corrected chi connectivity index (χ1v) is 4.51. The quantitative estimate of drug-likeness (QED) is 0.787. The van der Waals surface area contributed by atoms with Crippen molar-refractivity contribution in [1.82, 2.24) is 15.5 Å². The topological polar surface area (TPSA) is 66.9 Å². The van der Waals surface area contributed by atoms with E-state index in [2.05, 4.69) is 20.8 Å². The van der Waals surface area contributed by atoms with Crippen LogP contribution >= 0.6 is 11.6 Å². The van der Waals surface area contributed by atoms with Crippen molar-refractivity contribution in [3.05, 3.63) is 17.4 Å². The average Bonchev–Trinajstić information content (AvgIpc) is 2.01. The lowest BCUT2D eigenvalue weighted by Gasteiger charge is -2.09. The van der Waals surface area contributed by atoms with E-state index >= 15 is 0 Å². The summed E-state index contributed by atoms with van der Waals surface area (Å²) in [6, 6.07) is 1.32. The fourth-order valence-electron chi connectivity index (χ4n) is 0.838. The maximum Gasteiger partial charge on any atom is 0.319 e. The van der Waals surface area contributed by atoms with Crippen LogP contribution in [-0.4, -0.2) is 22.3 Å². The molecular weight excluding hydrogens is 204 g/mol. The van der Waals surface area contributed by atoms with Crippen molar-refractivity contribution in [3.8, 4) is 0 Å². The number of hydrogen-bond acceptors (Lipinski definition) is 3. The fourth-order valence-corrected chi connectivity index (χ4v) is 1.000. The number of amides is 2. The van der Waals surface area contributed by atoms with E-state index in [0.717, 1.165) is 0 Å². The number of rotatable bonds is 2. The monoisotopic (exact) mass is 214 g/mol. The molecule has 0 aliphatic rings. The summed E-state index contributed by atoms with van der Waals surface area (Å²) in [5.74, 6) is 0. The van der Waals surface area contributed by atoms with Gasteiger partial charge in [-0.3, -0.25) is 0 Å². The molecule has 1 aromatic heterocycles. The molecule has 0 atom stereocenters. The molecule has 0 saturated heterocycles. The van der Waals surface area contributed by atoms with Gasteiger partial charge in [-0.2, -0.15) is 5.10 Å². The highest BCUT2D eigenvalue weighted by Gasteiger charge is 2.03. The summed E-state index contributed by atoms with van der Waals surface area (Å²) in [4.78, 5) is 11.2. The Labute approximate surface area is 86.9 Å². The van der Waals surface area contributed by atoms with Crippen molar-refractivity contribution >= 4 is 23.3 Å². The van der Waals surface area contributed by atoms with E-state index in [1.807, 2.05) is 13.8 Å². The van der Waals surface area contributed by atoms with Crippen LogP contribution in [0.4, 0.5) is 10.5 Å². The fraction of sp³-hybridized carbons (Fsp3) is 0.375. The summed E-state index contributed by atoms with van der Waals surface area (Å²) >= 11 is 5.59. The van der Waals surface area contributed by atoms with Crippen LogP contribution in [0.5, 0.6) is 0 Å². The van der Waals surface area contributed by atoms with Crippen molar-refractivity contribution in [2.75, 3.05) is 5.32 Å². The second kappa shape index (κ2) is 4.76. The van der Waals surface area contributed by atoms with Gasteiger partial charge in [-0.15, -0.1) is 5.10 Å². The Morgan fingerprint density at radius 1 is 1.57 bits per heavy atom. The summed E-state index contributed by atoms with van der Waals surface area (Å²) in [6.07, 6.45) is 1.42. The Bertz CT molecular complexity index is 329. The van der Waals surface area contributed by atoms with Gasteiger partial charge in [-0.25, -0.2) is 4.79 Å². The minimum absolute atomic E-state index is 0.0836. The second-order valence-electron chi connectivity index (χ2n) is 3.02. The van der Waals surface area contributed by atoms with E-state index in [-0.39, 0.29) is 17.2 Å². The zero-order valence-corrected chi connectivity index (χ0v) is 8.67. The lowest BCUT2D eigenvalue weighted by atomic mass is 10.4. The summed E-state index contributed by atoms with van der Waals surface area (Å²) in [6.45, 7) is 3.74. The summed E-state index contributed by atoms with van der Waals surface area (Å²) in [7, 11) is 0. The van der Waals surface area contributed by atoms with Crippen LogP contribution < -0.4 is 10.6 Å². The Balaban J connectivity index is 2.56. The van der Waals surface area contributed by atoms with Crippen LogP contribution in [0.1, 0.15) is 13.8 Å². The lowest BCUT2D eigenvalue weighted by molar-refractivity contribution is 0.250. The maximum absolute atomic E-state index is 11.2. The molecule has 76 valence electrons. The first kappa shape index (κ1) is 10.7. The van der Waals surface area contributed by atoms with Crippen molar-refractivity contribution in [3.63, 3.8) is 0 Å². The largest absolute Gasteiger partial charge is 0.336 e. The molecule has 0 aromatic carbocycles. The van der Waals surface area contributed by atoms with Crippen molar-refractivity contribution < 1.29 is 4.79 Å². The molecule has 1 aromatic rings. The molecule has 1 rings (SSSR count). The number of aromatic nitrogens is 2. The number of carbonyl (C=O) groups is 1. The molecule has 0 aliphatic heterocycles. The van der Waals surface area contributed by atoms with Gasteiger partial charge in [0.25, 0.3) is 0 Å². The van der Waals surface area contributed by atoms with Crippen LogP contribution in [-0.2, 0) is 0 Å². The van der Waals surface area contributed by atoms with Crippen molar-refractivity contribution in [1.29, 1.82) is 0 Å². The Morgan fingerprint density at radius 3 is 2.86 bits per heavy atom. The average molecular weight is 215 g/mol. The molecule has 0 fully saturated rings. The number of anilines is 1. The van der Waals surface area contributed by atoms with Gasteiger partial charge in [-0.1, -0.05) is 11.6 Å². The first-order chi connectivity index (χ1) is 6.58. The third-order valence-electron chi connectivity index (χ3n) is 1.30. The number of halogens is 1. The molecule has 0 saturated carbocycles. The maximum atomic E-state index is 11.2. The van der Waals surface area contributed by atoms with Gasteiger partial charge in [0, 0.05) is 12.1 Å². The summed E-state index contributed by atoms with van der Waals surface area (Å²) in [5.41, 5.74) is 0.517. The molecule has 0 radical (unpaired) electrons. The molecule has 0 aliphatic carbocycles. The van der Waals surface area contributed by atoms with E-state index in [9.17, 15) is 4.79 Å². The van der Waals surface area contributed by atoms with Gasteiger partial charge in [-0.05, 0) is 13.8 Å². The first-order valence-electron chi connectivity index (χ1n) is 4.13. The van der Waals surface area contributed by atoms with E-state index in [1.165, 1.54) is 12.3 Å². The van der Waals surface area contributed by atoms with Gasteiger partial charge < -0.3 is 10.6 Å². The summed E-state index contributed by atoms with van der Waals surface area (Å²) in [5, 5.41) is 12.6. The molecule has 0 unspecified atom stereocenters. The molecule has 2 amide bonds. The summed E-state index contributed by atoms with van der Waals surface area (Å²) < 4.78 is 0. The van der Waals surface area contributed by atoms with Gasteiger partial charge in [0.1, 0.15) is 0 Å². The molecule has 0 spiro atoms. The third kappa shape index (κ3) is 3.57. The van der Waals surface area contributed by atoms with Crippen LogP contribution in [0.2, 0.25) is 5.15 Å². The van der Waals surface area contributed by atoms with Crippen molar-refractivity contribution in [2.45, 2.75) is 19.9 Å². The predicted octanol–water partition coefficient (Wildman–Crippen LogP) is 1.66. The smallest absolute Gasteiger partial charge is 0.319 e. The predicted molar refractivity (Wildman–Crippen MR) is 54.3 cm³/mol. The molecular formula is C8H11ClN4O. The van der Waals surface area contributed by atoms with Crippen LogP contribution in [0, 0.1) is 0 Å². The molecule has 0 bridgehead atoms. The van der Waals surface area contributed by atoms with E-state index < -0.39 is 0 Å². The van der Waals surface area contributed by atoms with Gasteiger partial charge in [0.05, 0.1) is 11.9 Å². The normalized spacial score (nSPS) is 10.0. The Hall–Kier alpha value is -1.36. The molecule has 5 nitrogen and oxygen atoms in total. The molecule has 1 heterocycles. The lowest BCUT2D eigenvalue weighted by Crippen LogP contribution is -2.34. The second-order valence-corrected chi connectivity index (χ2v) is 3.41. The van der Waals surface area contributed by atoms with E-state index in [0.29, 0.717) is 5.69 Å². The van der Waals surface area contributed by atoms with Crippen molar-refractivity contribution in [2.24, 2.45) is 0 Å². The van der Waals surface area contributed by atoms with E-state index in [4.69, 9.17) is 11.6 Å². The van der Waals surface area contributed by atoms with Gasteiger partial charge >= 0.3 is 6.03 Å². The van der Waals surface area contributed by atoms with Crippen LogP contribution in [0.15, 0.2) is 12.3 Å². The zero-order valence-electron chi connectivity index (χ0n) is 7.91. The minimum Gasteiger partial charge on any atom is -0.336 e. The number of nitrogens with one attached hydrogen (secondary N) is 2. The minimum atomic E-state index is -0.288. The number of urea groups is 1. The number of hydrogen-bond donors (Lipinski definition) is 2. The highest BCUT2D eigenvalue weighted by molar-refractivity contribution is 6.29. The highest BCUT2D eigenvalue weighted by atomic mass is 35.5. The SMILES string of the molecule is CC(C)NC(=O)Nc1cnnc(Cl)c1. The Kier molecular flexibility index (Phi) is 3.64. The zero-order chi connectivity index (χ0) is 10.6. The van der Waals surface area contributed by atoms with Crippen LogP contribution in [0.3, 0.4) is 0 Å². The molecule has 14 heavy (non-hydrogen) atoms. The van der Waals surface area contributed by atoms with Gasteiger partial charge in [0.15, 0.2) is 5.15 Å². The number of carbonyl (C=O) groups excluding carboxylic acids is 1. The number of nitrogens with zero attached hydrogens (tertiary/aromatic N) is 2. The standard InChI is InChI=1S/C8H11ClN4O/c1-5(2)11-8(14)12-6-3-7(9)13-10-4-6/h3-5H,1-2H3,(H2,11,12,13,14). The van der Waals surface area contributed by atoms with Crippen LogP contribution in [0.25, 0.3) is 0 Å².